The maximum absolute atomic E-state index is 11.7. The molecule has 0 amide bonds. The van der Waals surface area contributed by atoms with Gasteiger partial charge in [-0.05, 0) is 0 Å². The summed E-state index contributed by atoms with van der Waals surface area (Å²) in [6.07, 6.45) is -0.897. The van der Waals surface area contributed by atoms with E-state index in [1.807, 2.05) is 13.0 Å². The number of nitriles is 1. The Morgan fingerprint density at radius 2 is 2.29 bits per heavy atom. The van der Waals surface area contributed by atoms with Gasteiger partial charge in [0.2, 0.25) is 4.75 Å². The molecular weight excluding hydrogens is 206 g/mol. The van der Waals surface area contributed by atoms with Crippen molar-refractivity contribution in [3.63, 3.8) is 0 Å². The van der Waals surface area contributed by atoms with Gasteiger partial charge in [0.15, 0.2) is 0 Å². The molecule has 0 N–H and O–H groups in total. The van der Waals surface area contributed by atoms with Crippen molar-refractivity contribution in [1.29, 1.82) is 5.26 Å². The Bertz CT molecular complexity index is 439. The monoisotopic (exact) mass is 215 g/mol. The summed E-state index contributed by atoms with van der Waals surface area (Å²) in [6, 6.07) is 1.87. The lowest BCUT2D eigenvalue weighted by atomic mass is 9.81. The normalized spacial score (nSPS) is 57.4. The quantitative estimate of drug-likeness (QED) is 0.522. The van der Waals surface area contributed by atoms with Crippen molar-refractivity contribution in [3.05, 3.63) is 0 Å². The Morgan fingerprint density at radius 1 is 1.57 bits per heavy atom. The van der Waals surface area contributed by atoms with E-state index in [4.69, 9.17) is 14.2 Å². The van der Waals surface area contributed by atoms with Gasteiger partial charge in [0.05, 0.1) is 12.2 Å². The number of hydrogen-bond donors (Lipinski definition) is 0. The van der Waals surface area contributed by atoms with E-state index < -0.39 is 27.1 Å². The van der Waals surface area contributed by atoms with E-state index >= 15 is 0 Å². The van der Waals surface area contributed by atoms with E-state index in [0.717, 1.165) is 0 Å². The van der Waals surface area contributed by atoms with Crippen molar-refractivity contribution in [2.45, 2.75) is 36.4 Å². The lowest BCUT2D eigenvalue weighted by Crippen LogP contribution is -2.44. The van der Waals surface area contributed by atoms with Gasteiger partial charge in [-0.25, -0.2) is 0 Å². The van der Waals surface area contributed by atoms with Crippen molar-refractivity contribution in [1.82, 2.24) is 0 Å². The second-order valence-electron chi connectivity index (χ2n) is 4.17. The molecule has 3 aliphatic rings. The topological polar surface area (TPSA) is 76.4 Å². The van der Waals surface area contributed by atoms with Gasteiger partial charge < -0.3 is 4.74 Å². The number of nitrogens with zero attached hydrogens (tertiary/aromatic N) is 1. The fourth-order valence-corrected chi connectivity index (χ4v) is 4.38. The minimum Gasteiger partial charge on any atom is -0.369 e. The Labute approximate surface area is 81.7 Å². The highest BCUT2D eigenvalue weighted by Gasteiger charge is 2.74. The van der Waals surface area contributed by atoms with Crippen LogP contribution in [-0.2, 0) is 19.0 Å². The molecule has 76 valence electrons. The summed E-state index contributed by atoms with van der Waals surface area (Å²) in [5, 5.41) is 9.00. The van der Waals surface area contributed by atoms with E-state index in [0.29, 0.717) is 0 Å². The molecule has 0 radical (unpaired) electrons. The van der Waals surface area contributed by atoms with Gasteiger partial charge in [0.25, 0.3) is 10.1 Å². The van der Waals surface area contributed by atoms with Gasteiger partial charge in [-0.3, -0.25) is 4.18 Å². The van der Waals surface area contributed by atoms with Crippen LogP contribution in [0.2, 0.25) is 0 Å². The highest BCUT2D eigenvalue weighted by atomic mass is 32.2. The van der Waals surface area contributed by atoms with Crippen molar-refractivity contribution in [2.24, 2.45) is 5.92 Å². The van der Waals surface area contributed by atoms with Crippen LogP contribution < -0.4 is 0 Å². The van der Waals surface area contributed by atoms with Gasteiger partial charge in [0, 0.05) is 12.3 Å². The number of rotatable bonds is 0. The number of fused-ring (bicyclic) bond motifs is 1. The Balaban J connectivity index is 2.22. The SMILES string of the molecule is CC1C2CC3(C#N)C(O2)C1OS3(=O)=O. The summed E-state index contributed by atoms with van der Waals surface area (Å²) in [4.78, 5) is 0. The minimum atomic E-state index is -3.76. The first kappa shape index (κ1) is 8.65. The zero-order valence-corrected chi connectivity index (χ0v) is 8.32. The zero-order chi connectivity index (χ0) is 10.1. The van der Waals surface area contributed by atoms with E-state index in [2.05, 4.69) is 0 Å². The maximum Gasteiger partial charge on any atom is 0.289 e. The largest absolute Gasteiger partial charge is 0.369 e. The summed E-state index contributed by atoms with van der Waals surface area (Å²) >= 11 is 0. The summed E-state index contributed by atoms with van der Waals surface area (Å²) in [5.41, 5.74) is 0. The summed E-state index contributed by atoms with van der Waals surface area (Å²) in [6.45, 7) is 1.90. The average molecular weight is 215 g/mol. The first-order valence-electron chi connectivity index (χ1n) is 4.51. The molecule has 3 heterocycles. The highest BCUT2D eigenvalue weighted by molar-refractivity contribution is 7.88. The minimum absolute atomic E-state index is 0.0683. The third kappa shape index (κ3) is 0.649. The third-order valence-corrected chi connectivity index (χ3v) is 5.42. The van der Waals surface area contributed by atoms with Crippen LogP contribution in [0.3, 0.4) is 0 Å². The second-order valence-corrected chi connectivity index (χ2v) is 6.00. The molecule has 2 bridgehead atoms. The van der Waals surface area contributed by atoms with E-state index in [1.165, 1.54) is 0 Å². The zero-order valence-electron chi connectivity index (χ0n) is 7.50. The Hall–Kier alpha value is -0.640. The molecule has 3 saturated heterocycles. The van der Waals surface area contributed by atoms with Crippen LogP contribution in [0.25, 0.3) is 0 Å². The third-order valence-electron chi connectivity index (χ3n) is 3.56. The summed E-state index contributed by atoms with van der Waals surface area (Å²) in [5.74, 6) is 0.0683. The standard InChI is InChI=1S/C8H9NO4S/c1-4-5-2-8(3-9)7(12-5)6(4)13-14(8,10)11/h4-7H,2H2,1H3. The van der Waals surface area contributed by atoms with Crippen LogP contribution in [0.1, 0.15) is 13.3 Å². The van der Waals surface area contributed by atoms with Crippen LogP contribution in [0.15, 0.2) is 0 Å². The molecule has 5 atom stereocenters. The van der Waals surface area contributed by atoms with E-state index in [-0.39, 0.29) is 18.4 Å². The predicted molar refractivity (Wildman–Crippen MR) is 44.6 cm³/mol. The molecule has 6 heteroatoms. The van der Waals surface area contributed by atoms with Crippen LogP contribution in [0, 0.1) is 17.2 Å². The van der Waals surface area contributed by atoms with Gasteiger partial charge in [-0.1, -0.05) is 6.92 Å². The average Bonchev–Trinajstić information content (AvgIpc) is 2.67. The fourth-order valence-electron chi connectivity index (χ4n) is 2.68. The van der Waals surface area contributed by atoms with E-state index in [1.54, 1.807) is 0 Å². The van der Waals surface area contributed by atoms with Gasteiger partial charge in [-0.2, -0.15) is 13.7 Å². The van der Waals surface area contributed by atoms with Crippen molar-refractivity contribution >= 4 is 10.1 Å². The fraction of sp³-hybridized carbons (Fsp3) is 0.875. The van der Waals surface area contributed by atoms with Gasteiger partial charge >= 0.3 is 0 Å². The van der Waals surface area contributed by atoms with Crippen molar-refractivity contribution < 1.29 is 17.3 Å². The number of ether oxygens (including phenoxy) is 1. The number of hydrogen-bond acceptors (Lipinski definition) is 5. The molecule has 0 aromatic carbocycles. The Morgan fingerprint density at radius 3 is 2.86 bits per heavy atom. The molecule has 0 aromatic rings. The molecule has 3 rings (SSSR count). The lowest BCUT2D eigenvalue weighted by Gasteiger charge is -2.20. The first-order valence-corrected chi connectivity index (χ1v) is 5.92. The molecular formula is C8H9NO4S. The molecule has 0 aliphatic carbocycles. The van der Waals surface area contributed by atoms with E-state index in [9.17, 15) is 8.42 Å². The molecule has 5 nitrogen and oxygen atoms in total. The van der Waals surface area contributed by atoms with Crippen LogP contribution in [0.4, 0.5) is 0 Å². The van der Waals surface area contributed by atoms with Gasteiger partial charge in [-0.15, -0.1) is 0 Å². The first-order chi connectivity index (χ1) is 6.52. The van der Waals surface area contributed by atoms with Gasteiger partial charge in [0.1, 0.15) is 12.2 Å². The molecule has 3 fully saturated rings. The molecule has 3 aliphatic heterocycles. The lowest BCUT2D eigenvalue weighted by molar-refractivity contribution is 0.0788. The van der Waals surface area contributed by atoms with Crippen LogP contribution >= 0.6 is 0 Å². The van der Waals surface area contributed by atoms with Crippen LogP contribution in [0.5, 0.6) is 0 Å². The van der Waals surface area contributed by atoms with Crippen molar-refractivity contribution in [2.75, 3.05) is 0 Å². The molecule has 0 aromatic heterocycles. The second kappa shape index (κ2) is 2.13. The molecule has 0 spiro atoms. The molecule has 5 unspecified atom stereocenters. The summed E-state index contributed by atoms with van der Waals surface area (Å²) in [7, 11) is -3.76. The molecule has 0 saturated carbocycles. The van der Waals surface area contributed by atoms with Crippen molar-refractivity contribution in [3.8, 4) is 6.07 Å². The predicted octanol–water partition coefficient (Wildman–Crippen LogP) is -0.215. The van der Waals surface area contributed by atoms with Crippen LogP contribution in [-0.4, -0.2) is 31.5 Å². The smallest absolute Gasteiger partial charge is 0.289 e. The summed E-state index contributed by atoms with van der Waals surface area (Å²) < 4.78 is 32.3. The maximum atomic E-state index is 11.7. The Kier molecular flexibility index (Phi) is 1.32. The molecule has 14 heavy (non-hydrogen) atoms. The highest BCUT2D eigenvalue weighted by Crippen LogP contribution is 2.55.